The van der Waals surface area contributed by atoms with Crippen molar-refractivity contribution in [2.45, 2.75) is 13.3 Å². The highest BCUT2D eigenvalue weighted by Crippen LogP contribution is 2.28. The van der Waals surface area contributed by atoms with Gasteiger partial charge in [0, 0.05) is 30.9 Å². The number of rotatable bonds is 5. The van der Waals surface area contributed by atoms with Crippen LogP contribution in [0.1, 0.15) is 13.3 Å². The average Bonchev–Trinajstić information content (AvgIpc) is 2.63. The largest absolute Gasteiger partial charge is 0.494 e. The molecule has 0 unspecified atom stereocenters. The van der Waals surface area contributed by atoms with E-state index in [0.29, 0.717) is 25.4 Å². The molecule has 1 aliphatic rings. The molecule has 2 aromatic carbocycles. The minimum atomic E-state index is -0.456. The Balaban J connectivity index is 1.83. The van der Waals surface area contributed by atoms with Crippen molar-refractivity contribution in [2.75, 3.05) is 29.5 Å². The second-order valence-electron chi connectivity index (χ2n) is 5.64. The molecule has 0 radical (unpaired) electrons. The fraction of sp³-hybridized carbons (Fsp3) is 0.278. The number of non-ortho nitro benzene ring substituents is 1. The van der Waals surface area contributed by atoms with E-state index in [1.165, 1.54) is 12.1 Å². The molecule has 0 spiro atoms. The molecule has 25 heavy (non-hydrogen) atoms. The van der Waals surface area contributed by atoms with Crippen LogP contribution in [-0.2, 0) is 0 Å². The standard InChI is InChI=1S/C18H19N3O4/c1-2-25-17-9-7-14(8-10-17)19-11-4-12-20(18(19)22)15-5-3-6-16(13-15)21(23)24/h3,5-10,13H,2,4,11-12H2,1H3. The first-order chi connectivity index (χ1) is 12.1. The number of ether oxygens (including phenoxy) is 1. The fourth-order valence-electron chi connectivity index (χ4n) is 2.87. The zero-order chi connectivity index (χ0) is 17.8. The van der Waals surface area contributed by atoms with Gasteiger partial charge in [-0.2, -0.15) is 0 Å². The molecule has 0 aliphatic carbocycles. The summed E-state index contributed by atoms with van der Waals surface area (Å²) in [5, 5.41) is 11.0. The van der Waals surface area contributed by atoms with Crippen LogP contribution in [0.15, 0.2) is 48.5 Å². The van der Waals surface area contributed by atoms with Gasteiger partial charge in [-0.25, -0.2) is 4.79 Å². The third kappa shape index (κ3) is 3.55. The number of carbonyl (C=O) groups is 1. The van der Waals surface area contributed by atoms with Crippen molar-refractivity contribution in [1.29, 1.82) is 0 Å². The Hall–Kier alpha value is -3.09. The van der Waals surface area contributed by atoms with Gasteiger partial charge in [-0.15, -0.1) is 0 Å². The highest BCUT2D eigenvalue weighted by atomic mass is 16.6. The van der Waals surface area contributed by atoms with Crippen LogP contribution in [0, 0.1) is 10.1 Å². The zero-order valence-electron chi connectivity index (χ0n) is 13.9. The summed E-state index contributed by atoms with van der Waals surface area (Å²) in [4.78, 5) is 26.6. The maximum Gasteiger partial charge on any atom is 0.328 e. The molecular weight excluding hydrogens is 322 g/mol. The Morgan fingerprint density at radius 3 is 2.40 bits per heavy atom. The number of hydrogen-bond donors (Lipinski definition) is 0. The Labute approximate surface area is 145 Å². The van der Waals surface area contributed by atoms with Gasteiger partial charge in [0.1, 0.15) is 5.75 Å². The lowest BCUT2D eigenvalue weighted by Gasteiger charge is -2.35. The van der Waals surface area contributed by atoms with Gasteiger partial charge in [0.25, 0.3) is 5.69 Å². The lowest BCUT2D eigenvalue weighted by Crippen LogP contribution is -2.49. The number of hydrogen-bond acceptors (Lipinski definition) is 4. The highest BCUT2D eigenvalue weighted by Gasteiger charge is 2.28. The van der Waals surface area contributed by atoms with E-state index < -0.39 is 4.92 Å². The Bertz CT molecular complexity index is 776. The topological polar surface area (TPSA) is 75.9 Å². The van der Waals surface area contributed by atoms with Crippen LogP contribution in [0.5, 0.6) is 5.75 Å². The van der Waals surface area contributed by atoms with Crippen molar-refractivity contribution in [1.82, 2.24) is 0 Å². The number of nitrogens with zero attached hydrogens (tertiary/aromatic N) is 3. The summed E-state index contributed by atoms with van der Waals surface area (Å²) < 4.78 is 5.42. The Morgan fingerprint density at radius 1 is 1.08 bits per heavy atom. The third-order valence-corrected chi connectivity index (χ3v) is 4.04. The van der Waals surface area contributed by atoms with Crippen LogP contribution in [0.2, 0.25) is 0 Å². The monoisotopic (exact) mass is 341 g/mol. The molecule has 7 heteroatoms. The van der Waals surface area contributed by atoms with Gasteiger partial charge in [0.15, 0.2) is 0 Å². The molecule has 0 bridgehead atoms. The van der Waals surface area contributed by atoms with Crippen molar-refractivity contribution < 1.29 is 14.5 Å². The Kier molecular flexibility index (Phi) is 4.83. The van der Waals surface area contributed by atoms with E-state index in [1.54, 1.807) is 21.9 Å². The highest BCUT2D eigenvalue weighted by molar-refractivity contribution is 6.04. The van der Waals surface area contributed by atoms with Crippen LogP contribution < -0.4 is 14.5 Å². The van der Waals surface area contributed by atoms with Crippen LogP contribution >= 0.6 is 0 Å². The van der Waals surface area contributed by atoms with Gasteiger partial charge < -0.3 is 4.74 Å². The molecule has 1 heterocycles. The number of nitro benzene ring substituents is 1. The van der Waals surface area contributed by atoms with E-state index in [0.717, 1.165) is 17.9 Å². The molecule has 1 saturated heterocycles. The number of anilines is 2. The van der Waals surface area contributed by atoms with E-state index in [4.69, 9.17) is 4.74 Å². The maximum absolute atomic E-state index is 12.9. The minimum Gasteiger partial charge on any atom is -0.494 e. The van der Waals surface area contributed by atoms with E-state index in [2.05, 4.69) is 0 Å². The molecular formula is C18H19N3O4. The van der Waals surface area contributed by atoms with Crippen molar-refractivity contribution >= 4 is 23.1 Å². The number of benzene rings is 2. The molecule has 0 aromatic heterocycles. The SMILES string of the molecule is CCOc1ccc(N2CCCN(c3cccc([N+](=O)[O-])c3)C2=O)cc1. The molecule has 2 aromatic rings. The maximum atomic E-state index is 12.9. The predicted octanol–water partition coefficient (Wildman–Crippen LogP) is 3.83. The van der Waals surface area contributed by atoms with Crippen molar-refractivity contribution in [2.24, 2.45) is 0 Å². The average molecular weight is 341 g/mol. The van der Waals surface area contributed by atoms with Gasteiger partial charge in [-0.1, -0.05) is 6.07 Å². The zero-order valence-corrected chi connectivity index (χ0v) is 13.9. The molecule has 0 N–H and O–H groups in total. The quantitative estimate of drug-likeness (QED) is 0.612. The molecule has 7 nitrogen and oxygen atoms in total. The van der Waals surface area contributed by atoms with E-state index in [1.807, 2.05) is 31.2 Å². The molecule has 2 amide bonds. The summed E-state index contributed by atoms with van der Waals surface area (Å²) in [5.41, 5.74) is 1.29. The number of carbonyl (C=O) groups excluding carboxylic acids is 1. The van der Waals surface area contributed by atoms with Crippen LogP contribution in [0.4, 0.5) is 21.9 Å². The third-order valence-electron chi connectivity index (χ3n) is 4.04. The number of urea groups is 1. The normalized spacial score (nSPS) is 14.5. The first kappa shape index (κ1) is 16.8. The summed E-state index contributed by atoms with van der Waals surface area (Å²) in [5.74, 6) is 0.756. The lowest BCUT2D eigenvalue weighted by atomic mass is 10.2. The molecule has 0 atom stereocenters. The smallest absolute Gasteiger partial charge is 0.328 e. The van der Waals surface area contributed by atoms with Crippen LogP contribution in [0.25, 0.3) is 0 Å². The molecule has 1 fully saturated rings. The van der Waals surface area contributed by atoms with Crippen molar-refractivity contribution in [3.63, 3.8) is 0 Å². The van der Waals surface area contributed by atoms with Crippen LogP contribution in [-0.4, -0.2) is 30.7 Å². The minimum absolute atomic E-state index is 0.0245. The van der Waals surface area contributed by atoms with Gasteiger partial charge in [0.05, 0.1) is 17.2 Å². The van der Waals surface area contributed by atoms with Crippen LogP contribution in [0.3, 0.4) is 0 Å². The molecule has 3 rings (SSSR count). The van der Waals surface area contributed by atoms with Gasteiger partial charge in [0.2, 0.25) is 0 Å². The molecule has 1 aliphatic heterocycles. The summed E-state index contributed by atoms with van der Waals surface area (Å²) in [7, 11) is 0. The van der Waals surface area contributed by atoms with E-state index in [-0.39, 0.29) is 11.7 Å². The first-order valence-corrected chi connectivity index (χ1v) is 8.16. The molecule has 130 valence electrons. The van der Waals surface area contributed by atoms with Gasteiger partial charge in [-0.3, -0.25) is 19.9 Å². The lowest BCUT2D eigenvalue weighted by molar-refractivity contribution is -0.384. The predicted molar refractivity (Wildman–Crippen MR) is 95.4 cm³/mol. The van der Waals surface area contributed by atoms with E-state index in [9.17, 15) is 14.9 Å². The van der Waals surface area contributed by atoms with E-state index >= 15 is 0 Å². The summed E-state index contributed by atoms with van der Waals surface area (Å²) >= 11 is 0. The van der Waals surface area contributed by atoms with Gasteiger partial charge in [-0.05, 0) is 43.7 Å². The van der Waals surface area contributed by atoms with Gasteiger partial charge >= 0.3 is 6.03 Å². The summed E-state index contributed by atoms with van der Waals surface area (Å²) in [6.07, 6.45) is 0.779. The number of nitro groups is 1. The molecule has 0 saturated carbocycles. The summed E-state index contributed by atoms with van der Waals surface area (Å²) in [6.45, 7) is 3.65. The second kappa shape index (κ2) is 7.21. The van der Waals surface area contributed by atoms with Crippen molar-refractivity contribution in [3.8, 4) is 5.75 Å². The fourth-order valence-corrected chi connectivity index (χ4v) is 2.87. The first-order valence-electron chi connectivity index (χ1n) is 8.16. The second-order valence-corrected chi connectivity index (χ2v) is 5.64. The van der Waals surface area contributed by atoms with Crippen molar-refractivity contribution in [3.05, 3.63) is 58.6 Å². The number of amides is 2. The summed E-state index contributed by atoms with van der Waals surface area (Å²) in [6, 6.07) is 13.3. The Morgan fingerprint density at radius 2 is 1.76 bits per heavy atom.